The lowest BCUT2D eigenvalue weighted by molar-refractivity contribution is -0.147. The summed E-state index contributed by atoms with van der Waals surface area (Å²) in [5.74, 6) is -0.930. The van der Waals surface area contributed by atoms with Crippen molar-refractivity contribution in [3.05, 3.63) is 53.3 Å². The molecule has 1 aliphatic heterocycles. The predicted octanol–water partition coefficient (Wildman–Crippen LogP) is 4.02. The molecule has 0 spiro atoms. The standard InChI is InChI=1S/C22H20F3N3O3/c23-22(24,25)21-27-16-10-18-19(31-9-8-30-18)11-17(16)28(21)12-20(29)26-15-7-3-5-13-4-1-2-6-14(13)15/h1-2,4,6,10-11,15H,3,5,7-9,12H2,(H,26,29). The van der Waals surface area contributed by atoms with Crippen molar-refractivity contribution in [2.45, 2.75) is 38.0 Å². The highest BCUT2D eigenvalue weighted by Gasteiger charge is 2.38. The molecule has 0 saturated carbocycles. The van der Waals surface area contributed by atoms with Crippen LogP contribution in [0.25, 0.3) is 11.0 Å². The maximum atomic E-state index is 13.7. The second kappa shape index (κ2) is 7.47. The maximum Gasteiger partial charge on any atom is 0.449 e. The first-order valence-electron chi connectivity index (χ1n) is 10.1. The van der Waals surface area contributed by atoms with Crippen LogP contribution >= 0.6 is 0 Å². The largest absolute Gasteiger partial charge is 0.486 e. The van der Waals surface area contributed by atoms with Crippen LogP contribution in [0.5, 0.6) is 11.5 Å². The highest BCUT2D eigenvalue weighted by Crippen LogP contribution is 2.38. The van der Waals surface area contributed by atoms with Gasteiger partial charge in [0.05, 0.1) is 17.1 Å². The Balaban J connectivity index is 1.47. The lowest BCUT2D eigenvalue weighted by Gasteiger charge is -2.26. The Labute approximate surface area is 176 Å². The van der Waals surface area contributed by atoms with Crippen LogP contribution in [0.4, 0.5) is 13.2 Å². The zero-order chi connectivity index (χ0) is 21.6. The number of aromatic nitrogens is 2. The first kappa shape index (κ1) is 19.7. The highest BCUT2D eigenvalue weighted by atomic mass is 19.4. The summed E-state index contributed by atoms with van der Waals surface area (Å²) in [6.45, 7) is 0.126. The van der Waals surface area contributed by atoms with E-state index in [9.17, 15) is 18.0 Å². The van der Waals surface area contributed by atoms with Crippen molar-refractivity contribution in [3.8, 4) is 11.5 Å². The van der Waals surface area contributed by atoms with E-state index >= 15 is 0 Å². The molecule has 31 heavy (non-hydrogen) atoms. The van der Waals surface area contributed by atoms with E-state index in [4.69, 9.17) is 9.47 Å². The summed E-state index contributed by atoms with van der Waals surface area (Å²) in [4.78, 5) is 16.6. The molecule has 0 fully saturated rings. The lowest BCUT2D eigenvalue weighted by atomic mass is 9.88. The molecule has 1 aromatic heterocycles. The van der Waals surface area contributed by atoms with Crippen LogP contribution in [0.15, 0.2) is 36.4 Å². The van der Waals surface area contributed by atoms with E-state index in [1.807, 2.05) is 24.3 Å². The fraction of sp³-hybridized carbons (Fsp3) is 0.364. The molecule has 0 saturated heterocycles. The first-order chi connectivity index (χ1) is 14.9. The van der Waals surface area contributed by atoms with Crippen molar-refractivity contribution < 1.29 is 27.4 Å². The topological polar surface area (TPSA) is 65.4 Å². The van der Waals surface area contributed by atoms with E-state index in [0.29, 0.717) is 24.7 Å². The van der Waals surface area contributed by atoms with Crippen LogP contribution < -0.4 is 14.8 Å². The molecule has 6 nitrogen and oxygen atoms in total. The Morgan fingerprint density at radius 1 is 1.16 bits per heavy atom. The van der Waals surface area contributed by atoms with Gasteiger partial charge in [-0.1, -0.05) is 24.3 Å². The van der Waals surface area contributed by atoms with Gasteiger partial charge in [-0.25, -0.2) is 4.98 Å². The number of ether oxygens (including phenoxy) is 2. The number of nitrogens with one attached hydrogen (secondary N) is 1. The van der Waals surface area contributed by atoms with E-state index in [-0.39, 0.29) is 17.1 Å². The molecular formula is C22H20F3N3O3. The van der Waals surface area contributed by atoms with Gasteiger partial charge in [-0.2, -0.15) is 13.2 Å². The molecule has 0 radical (unpaired) electrons. The van der Waals surface area contributed by atoms with Crippen molar-refractivity contribution in [2.75, 3.05) is 13.2 Å². The van der Waals surface area contributed by atoms with Crippen LogP contribution in [-0.2, 0) is 23.9 Å². The van der Waals surface area contributed by atoms with Gasteiger partial charge in [-0.3, -0.25) is 4.79 Å². The van der Waals surface area contributed by atoms with Crippen LogP contribution in [0.2, 0.25) is 0 Å². The van der Waals surface area contributed by atoms with Crippen LogP contribution in [0.1, 0.15) is 35.8 Å². The van der Waals surface area contributed by atoms with E-state index in [1.165, 1.54) is 12.1 Å². The number of alkyl halides is 3. The molecule has 0 bridgehead atoms. The Bertz CT molecular complexity index is 1160. The molecule has 2 heterocycles. The van der Waals surface area contributed by atoms with E-state index in [2.05, 4.69) is 10.3 Å². The van der Waals surface area contributed by atoms with Gasteiger partial charge in [-0.05, 0) is 30.4 Å². The second-order valence-corrected chi connectivity index (χ2v) is 7.72. The minimum atomic E-state index is -4.71. The van der Waals surface area contributed by atoms with Crippen molar-refractivity contribution in [2.24, 2.45) is 0 Å². The number of hydrogen-bond donors (Lipinski definition) is 1. The molecule has 2 aromatic carbocycles. The number of imidazole rings is 1. The summed E-state index contributed by atoms with van der Waals surface area (Å²) >= 11 is 0. The third-order valence-electron chi connectivity index (χ3n) is 5.67. The first-order valence-corrected chi connectivity index (χ1v) is 10.1. The third-order valence-corrected chi connectivity index (χ3v) is 5.67. The molecule has 5 rings (SSSR count). The summed E-state index contributed by atoms with van der Waals surface area (Å²) in [5, 5.41) is 2.91. The number of carbonyl (C=O) groups is 1. The number of nitrogens with zero attached hydrogens (tertiary/aromatic N) is 2. The molecule has 2 aliphatic rings. The molecule has 1 N–H and O–H groups in total. The minimum Gasteiger partial charge on any atom is -0.486 e. The number of halogens is 3. The monoisotopic (exact) mass is 431 g/mol. The molecule has 1 unspecified atom stereocenters. The summed E-state index contributed by atoms with van der Waals surface area (Å²) in [6, 6.07) is 10.5. The molecule has 1 amide bonds. The van der Waals surface area contributed by atoms with Gasteiger partial charge in [0.2, 0.25) is 11.7 Å². The molecule has 9 heteroatoms. The van der Waals surface area contributed by atoms with Crippen LogP contribution in [0.3, 0.4) is 0 Å². The van der Waals surface area contributed by atoms with Gasteiger partial charge in [0.1, 0.15) is 19.8 Å². The van der Waals surface area contributed by atoms with Crippen molar-refractivity contribution in [1.82, 2.24) is 14.9 Å². The summed E-state index contributed by atoms with van der Waals surface area (Å²) in [6.07, 6.45) is -2.12. The molecule has 3 aromatic rings. The van der Waals surface area contributed by atoms with Crippen molar-refractivity contribution in [1.29, 1.82) is 0 Å². The Morgan fingerprint density at radius 3 is 2.68 bits per heavy atom. The minimum absolute atomic E-state index is 0.104. The molecular weight excluding hydrogens is 411 g/mol. The van der Waals surface area contributed by atoms with Gasteiger partial charge in [-0.15, -0.1) is 0 Å². The SMILES string of the molecule is O=C(Cn1c(C(F)(F)F)nc2cc3c(cc21)OCCO3)NC1CCCc2ccccc21. The van der Waals surface area contributed by atoms with Crippen LogP contribution in [0, 0.1) is 0 Å². The Hall–Kier alpha value is -3.23. The van der Waals surface area contributed by atoms with Gasteiger partial charge in [0.25, 0.3) is 0 Å². The fourth-order valence-corrected chi connectivity index (χ4v) is 4.33. The summed E-state index contributed by atoms with van der Waals surface area (Å²) < 4.78 is 52.9. The lowest BCUT2D eigenvalue weighted by Crippen LogP contribution is -2.34. The summed E-state index contributed by atoms with van der Waals surface area (Å²) in [7, 11) is 0. The molecule has 1 atom stereocenters. The van der Waals surface area contributed by atoms with E-state index < -0.39 is 24.5 Å². The van der Waals surface area contributed by atoms with Crippen molar-refractivity contribution >= 4 is 16.9 Å². The molecule has 1 aliphatic carbocycles. The number of benzene rings is 2. The number of carbonyl (C=O) groups excluding carboxylic acids is 1. The van der Waals surface area contributed by atoms with Gasteiger partial charge in [0.15, 0.2) is 11.5 Å². The van der Waals surface area contributed by atoms with Crippen LogP contribution in [-0.4, -0.2) is 28.7 Å². The van der Waals surface area contributed by atoms with Crippen molar-refractivity contribution in [3.63, 3.8) is 0 Å². The number of rotatable bonds is 3. The fourth-order valence-electron chi connectivity index (χ4n) is 4.33. The predicted molar refractivity (Wildman–Crippen MR) is 106 cm³/mol. The van der Waals surface area contributed by atoms with E-state index in [1.54, 1.807) is 0 Å². The Morgan fingerprint density at radius 2 is 1.90 bits per heavy atom. The highest BCUT2D eigenvalue weighted by molar-refractivity contribution is 5.84. The molecule has 162 valence electrons. The Kier molecular flexibility index (Phi) is 4.75. The zero-order valence-electron chi connectivity index (χ0n) is 16.5. The average Bonchev–Trinajstić information content (AvgIpc) is 3.10. The number of aryl methyl sites for hydroxylation is 1. The number of hydrogen-bond acceptors (Lipinski definition) is 4. The third kappa shape index (κ3) is 3.68. The smallest absolute Gasteiger partial charge is 0.449 e. The van der Waals surface area contributed by atoms with E-state index in [0.717, 1.165) is 35.0 Å². The normalized spacial score (nSPS) is 18.0. The zero-order valence-corrected chi connectivity index (χ0v) is 16.5. The second-order valence-electron chi connectivity index (χ2n) is 7.72. The average molecular weight is 431 g/mol. The number of fused-ring (bicyclic) bond motifs is 3. The summed E-state index contributed by atoms with van der Waals surface area (Å²) in [5.41, 5.74) is 2.46. The quantitative estimate of drug-likeness (QED) is 0.681. The maximum absolute atomic E-state index is 13.7. The van der Waals surface area contributed by atoms with Gasteiger partial charge in [0, 0.05) is 12.1 Å². The van der Waals surface area contributed by atoms with Gasteiger partial charge >= 0.3 is 6.18 Å². The van der Waals surface area contributed by atoms with Gasteiger partial charge < -0.3 is 19.4 Å². The number of amides is 1.